The Morgan fingerprint density at radius 1 is 1.04 bits per heavy atom. The minimum absolute atomic E-state index is 0.278. The largest absolute Gasteiger partial charge is 0.435 e. The monoisotopic (exact) mass is 418 g/mol. The van der Waals surface area contributed by atoms with E-state index in [4.69, 9.17) is 16.0 Å². The number of nitrogens with zero attached hydrogens (tertiary/aromatic N) is 2. The SMILES string of the molecule is O=S(=O)(c1ccc(Cl)cc1)N1CC[NH+](Cc2ncc(-c3ccccc3)o2)CC1. The van der Waals surface area contributed by atoms with Gasteiger partial charge in [0.15, 0.2) is 12.3 Å². The second-order valence-electron chi connectivity index (χ2n) is 6.77. The molecule has 1 aromatic heterocycles. The van der Waals surface area contributed by atoms with E-state index in [1.54, 1.807) is 30.5 Å². The number of nitrogens with one attached hydrogen (secondary N) is 1. The van der Waals surface area contributed by atoms with Gasteiger partial charge in [-0.2, -0.15) is 4.31 Å². The molecule has 6 nitrogen and oxygen atoms in total. The minimum Gasteiger partial charge on any atom is -0.435 e. The average Bonchev–Trinajstić information content (AvgIpc) is 3.18. The maximum Gasteiger partial charge on any atom is 0.250 e. The lowest BCUT2D eigenvalue weighted by Gasteiger charge is -2.30. The maximum absolute atomic E-state index is 12.8. The molecule has 1 aliphatic heterocycles. The molecule has 1 aliphatic rings. The summed E-state index contributed by atoms with van der Waals surface area (Å²) in [6.07, 6.45) is 1.74. The lowest BCUT2D eigenvalue weighted by molar-refractivity contribution is -0.918. The Morgan fingerprint density at radius 2 is 1.71 bits per heavy atom. The van der Waals surface area contributed by atoms with Crippen molar-refractivity contribution in [3.8, 4) is 11.3 Å². The van der Waals surface area contributed by atoms with Crippen LogP contribution >= 0.6 is 11.6 Å². The number of quaternary nitrogens is 1. The molecule has 0 atom stereocenters. The summed E-state index contributed by atoms with van der Waals surface area (Å²) >= 11 is 5.86. The van der Waals surface area contributed by atoms with Crippen LogP contribution in [0.5, 0.6) is 0 Å². The maximum atomic E-state index is 12.8. The van der Waals surface area contributed by atoms with E-state index in [-0.39, 0.29) is 4.90 Å². The van der Waals surface area contributed by atoms with Gasteiger partial charge in [0.05, 0.1) is 37.3 Å². The van der Waals surface area contributed by atoms with Crippen molar-refractivity contribution < 1.29 is 17.7 Å². The molecule has 2 aromatic carbocycles. The van der Waals surface area contributed by atoms with E-state index in [0.29, 0.717) is 43.6 Å². The fraction of sp³-hybridized carbons (Fsp3) is 0.250. The molecule has 0 aliphatic carbocycles. The molecule has 0 spiro atoms. The van der Waals surface area contributed by atoms with E-state index in [2.05, 4.69) is 4.98 Å². The lowest BCUT2D eigenvalue weighted by atomic mass is 10.2. The van der Waals surface area contributed by atoms with E-state index >= 15 is 0 Å². The van der Waals surface area contributed by atoms with Gasteiger partial charge in [-0.15, -0.1) is 0 Å². The number of rotatable bonds is 5. The van der Waals surface area contributed by atoms with Gasteiger partial charge in [0, 0.05) is 10.6 Å². The summed E-state index contributed by atoms with van der Waals surface area (Å²) in [5.74, 6) is 1.42. The van der Waals surface area contributed by atoms with Crippen LogP contribution in [-0.2, 0) is 16.6 Å². The van der Waals surface area contributed by atoms with Gasteiger partial charge >= 0.3 is 0 Å². The molecule has 146 valence electrons. The summed E-state index contributed by atoms with van der Waals surface area (Å²) in [6.45, 7) is 2.98. The van der Waals surface area contributed by atoms with Gasteiger partial charge in [-0.1, -0.05) is 41.9 Å². The van der Waals surface area contributed by atoms with E-state index in [1.807, 2.05) is 30.3 Å². The van der Waals surface area contributed by atoms with Crippen molar-refractivity contribution in [2.75, 3.05) is 26.2 Å². The fourth-order valence-electron chi connectivity index (χ4n) is 3.32. The molecule has 0 unspecified atom stereocenters. The van der Waals surface area contributed by atoms with E-state index < -0.39 is 10.0 Å². The van der Waals surface area contributed by atoms with Gasteiger partial charge < -0.3 is 9.32 Å². The van der Waals surface area contributed by atoms with E-state index in [9.17, 15) is 8.42 Å². The van der Waals surface area contributed by atoms with Crippen molar-refractivity contribution >= 4 is 21.6 Å². The number of benzene rings is 2. The average molecular weight is 419 g/mol. The molecule has 1 N–H and O–H groups in total. The summed E-state index contributed by atoms with van der Waals surface area (Å²) in [5.41, 5.74) is 0.995. The number of oxazole rings is 1. The van der Waals surface area contributed by atoms with Gasteiger partial charge in [0.1, 0.15) is 0 Å². The predicted molar refractivity (Wildman–Crippen MR) is 107 cm³/mol. The Kier molecular flexibility index (Phi) is 5.50. The van der Waals surface area contributed by atoms with E-state index in [0.717, 1.165) is 11.3 Å². The number of piperazine rings is 1. The zero-order valence-electron chi connectivity index (χ0n) is 15.2. The van der Waals surface area contributed by atoms with Crippen LogP contribution in [0.1, 0.15) is 5.89 Å². The van der Waals surface area contributed by atoms with Gasteiger partial charge in [-0.25, -0.2) is 13.4 Å². The normalized spacial score (nSPS) is 16.3. The first-order valence-corrected chi connectivity index (χ1v) is 10.9. The Bertz CT molecular complexity index is 1030. The molecule has 1 fully saturated rings. The van der Waals surface area contributed by atoms with Gasteiger partial charge in [-0.05, 0) is 24.3 Å². The van der Waals surface area contributed by atoms with Crippen LogP contribution < -0.4 is 4.90 Å². The highest BCUT2D eigenvalue weighted by Gasteiger charge is 2.31. The first-order chi connectivity index (χ1) is 13.5. The number of hydrogen-bond acceptors (Lipinski definition) is 4. The van der Waals surface area contributed by atoms with Crippen LogP contribution in [-0.4, -0.2) is 43.9 Å². The van der Waals surface area contributed by atoms with Crippen molar-refractivity contribution in [1.29, 1.82) is 0 Å². The van der Waals surface area contributed by atoms with Crippen LogP contribution in [0, 0.1) is 0 Å². The molecular weight excluding hydrogens is 398 g/mol. The molecule has 8 heteroatoms. The highest BCUT2D eigenvalue weighted by molar-refractivity contribution is 7.89. The molecule has 0 saturated carbocycles. The third-order valence-electron chi connectivity index (χ3n) is 4.89. The highest BCUT2D eigenvalue weighted by atomic mass is 35.5. The molecule has 0 amide bonds. The first-order valence-electron chi connectivity index (χ1n) is 9.12. The highest BCUT2D eigenvalue weighted by Crippen LogP contribution is 2.20. The summed E-state index contributed by atoms with van der Waals surface area (Å²) in [5, 5.41) is 0.522. The third kappa shape index (κ3) is 4.12. The molecule has 2 heterocycles. The second kappa shape index (κ2) is 8.05. The third-order valence-corrected chi connectivity index (χ3v) is 7.06. The Labute approximate surface area is 169 Å². The molecular formula is C20H21ClN3O3S+. The zero-order chi connectivity index (χ0) is 19.6. The molecule has 4 rings (SSSR count). The molecule has 28 heavy (non-hydrogen) atoms. The molecule has 0 radical (unpaired) electrons. The number of aromatic nitrogens is 1. The van der Waals surface area contributed by atoms with Crippen molar-refractivity contribution in [3.63, 3.8) is 0 Å². The predicted octanol–water partition coefficient (Wildman–Crippen LogP) is 2.08. The summed E-state index contributed by atoms with van der Waals surface area (Å²) in [7, 11) is -3.48. The van der Waals surface area contributed by atoms with Crippen LogP contribution in [0.15, 0.2) is 70.1 Å². The molecule has 1 saturated heterocycles. The van der Waals surface area contributed by atoms with Gasteiger partial charge in [-0.3, -0.25) is 0 Å². The second-order valence-corrected chi connectivity index (χ2v) is 9.14. The van der Waals surface area contributed by atoms with Crippen LogP contribution in [0.2, 0.25) is 5.02 Å². The van der Waals surface area contributed by atoms with Crippen molar-refractivity contribution in [2.45, 2.75) is 11.4 Å². The smallest absolute Gasteiger partial charge is 0.250 e. The topological polar surface area (TPSA) is 67.8 Å². The number of hydrogen-bond donors (Lipinski definition) is 1. The lowest BCUT2D eigenvalue weighted by Crippen LogP contribution is -3.13. The summed E-state index contributed by atoms with van der Waals surface area (Å²) < 4.78 is 32.9. The van der Waals surface area contributed by atoms with E-state index in [1.165, 1.54) is 9.21 Å². The van der Waals surface area contributed by atoms with Crippen LogP contribution in [0.3, 0.4) is 0 Å². The van der Waals surface area contributed by atoms with Crippen LogP contribution in [0.25, 0.3) is 11.3 Å². The Morgan fingerprint density at radius 3 is 2.39 bits per heavy atom. The molecule has 0 bridgehead atoms. The standard InChI is InChI=1S/C20H20ClN3O3S/c21-17-6-8-18(9-7-17)28(25,26)24-12-10-23(11-13-24)15-20-22-14-19(27-20)16-4-2-1-3-5-16/h1-9,14H,10-13,15H2/p+1. The first kappa shape index (κ1) is 19.1. The van der Waals surface area contributed by atoms with Crippen molar-refractivity contribution in [1.82, 2.24) is 9.29 Å². The van der Waals surface area contributed by atoms with Gasteiger partial charge in [0.2, 0.25) is 10.0 Å². The van der Waals surface area contributed by atoms with Crippen molar-refractivity contribution in [3.05, 3.63) is 71.7 Å². The minimum atomic E-state index is -3.48. The zero-order valence-corrected chi connectivity index (χ0v) is 16.8. The van der Waals surface area contributed by atoms with Gasteiger partial charge in [0.25, 0.3) is 5.89 Å². The Balaban J connectivity index is 1.37. The Hall–Kier alpha value is -2.19. The van der Waals surface area contributed by atoms with Crippen LogP contribution in [0.4, 0.5) is 0 Å². The summed E-state index contributed by atoms with van der Waals surface area (Å²) in [4.78, 5) is 5.91. The fourth-order valence-corrected chi connectivity index (χ4v) is 4.88. The summed E-state index contributed by atoms with van der Waals surface area (Å²) in [6, 6.07) is 16.2. The number of sulfonamides is 1. The number of halogens is 1. The molecule has 3 aromatic rings. The van der Waals surface area contributed by atoms with Crippen molar-refractivity contribution in [2.24, 2.45) is 0 Å². The quantitative estimate of drug-likeness (QED) is 0.689.